The molecule has 25 heavy (non-hydrogen) atoms. The van der Waals surface area contributed by atoms with Crippen LogP contribution in [0.25, 0.3) is 0 Å². The summed E-state index contributed by atoms with van der Waals surface area (Å²) in [6, 6.07) is 4.00. The molecule has 0 bridgehead atoms. The van der Waals surface area contributed by atoms with Gasteiger partial charge in [-0.25, -0.2) is 0 Å². The molecule has 2 fully saturated rings. The lowest BCUT2D eigenvalue weighted by Gasteiger charge is -2.35. The van der Waals surface area contributed by atoms with Crippen molar-refractivity contribution >= 4 is 11.8 Å². The minimum Gasteiger partial charge on any atom is -0.395 e. The van der Waals surface area contributed by atoms with Gasteiger partial charge in [-0.1, -0.05) is 19.3 Å². The maximum Gasteiger partial charge on any atom is 0.228 e. The Morgan fingerprint density at radius 2 is 1.96 bits per heavy atom. The van der Waals surface area contributed by atoms with E-state index in [0.717, 1.165) is 31.2 Å². The quantitative estimate of drug-likeness (QED) is 0.850. The third-order valence-corrected chi connectivity index (χ3v) is 5.33. The Morgan fingerprint density at radius 1 is 1.24 bits per heavy atom. The molecule has 2 amide bonds. The second-order valence-electron chi connectivity index (χ2n) is 7.08. The first-order valence-electron chi connectivity index (χ1n) is 9.27. The summed E-state index contributed by atoms with van der Waals surface area (Å²) in [6.07, 6.45) is 9.21. The maximum atomic E-state index is 13.0. The number of carbonyl (C=O) groups is 2. The van der Waals surface area contributed by atoms with Gasteiger partial charge >= 0.3 is 0 Å². The van der Waals surface area contributed by atoms with Crippen LogP contribution in [-0.4, -0.2) is 57.4 Å². The van der Waals surface area contributed by atoms with Crippen molar-refractivity contribution in [2.75, 3.05) is 19.7 Å². The lowest BCUT2D eigenvalue weighted by atomic mass is 9.93. The zero-order chi connectivity index (χ0) is 17.6. The third kappa shape index (κ3) is 4.37. The monoisotopic (exact) mass is 345 g/mol. The first-order valence-corrected chi connectivity index (χ1v) is 9.27. The lowest BCUT2D eigenvalue weighted by molar-refractivity contribution is -0.139. The van der Waals surface area contributed by atoms with Crippen molar-refractivity contribution in [3.63, 3.8) is 0 Å². The van der Waals surface area contributed by atoms with Crippen LogP contribution in [0.15, 0.2) is 24.5 Å². The van der Waals surface area contributed by atoms with Gasteiger partial charge in [-0.2, -0.15) is 0 Å². The van der Waals surface area contributed by atoms with Gasteiger partial charge in [0.05, 0.1) is 12.5 Å². The molecule has 0 radical (unpaired) electrons. The van der Waals surface area contributed by atoms with Crippen molar-refractivity contribution in [2.45, 2.75) is 51.1 Å². The number of aliphatic hydroxyl groups is 1. The van der Waals surface area contributed by atoms with E-state index in [1.54, 1.807) is 17.3 Å². The predicted octanol–water partition coefficient (Wildman–Crippen LogP) is 1.58. The Kier molecular flexibility index (Phi) is 6.02. The van der Waals surface area contributed by atoms with Gasteiger partial charge in [0.1, 0.15) is 0 Å². The van der Waals surface area contributed by atoms with Gasteiger partial charge in [0.2, 0.25) is 11.8 Å². The summed E-state index contributed by atoms with van der Waals surface area (Å²) in [5.41, 5.74) is 1.02. The fourth-order valence-corrected chi connectivity index (χ4v) is 4.01. The van der Waals surface area contributed by atoms with Gasteiger partial charge in [0.15, 0.2) is 0 Å². The molecule has 1 saturated carbocycles. The van der Waals surface area contributed by atoms with E-state index in [0.29, 0.717) is 19.6 Å². The Hall–Kier alpha value is -1.95. The number of rotatable bonds is 6. The average Bonchev–Trinajstić information content (AvgIpc) is 3.01. The van der Waals surface area contributed by atoms with Crippen LogP contribution in [0.4, 0.5) is 0 Å². The zero-order valence-corrected chi connectivity index (χ0v) is 14.6. The van der Waals surface area contributed by atoms with Gasteiger partial charge in [0, 0.05) is 44.5 Å². The second-order valence-corrected chi connectivity index (χ2v) is 7.08. The molecular weight excluding hydrogens is 318 g/mol. The van der Waals surface area contributed by atoms with Crippen molar-refractivity contribution in [3.05, 3.63) is 30.1 Å². The minimum absolute atomic E-state index is 0.0242. The number of carbonyl (C=O) groups excluding carboxylic acids is 2. The predicted molar refractivity (Wildman–Crippen MR) is 93.4 cm³/mol. The van der Waals surface area contributed by atoms with Crippen molar-refractivity contribution in [1.29, 1.82) is 0 Å². The fourth-order valence-electron chi connectivity index (χ4n) is 4.01. The number of aliphatic hydroxyl groups excluding tert-OH is 1. The highest BCUT2D eigenvalue weighted by molar-refractivity contribution is 5.89. The minimum atomic E-state index is -0.289. The molecule has 2 heterocycles. The van der Waals surface area contributed by atoms with Crippen LogP contribution in [0.5, 0.6) is 0 Å². The Bertz CT molecular complexity index is 587. The van der Waals surface area contributed by atoms with Crippen molar-refractivity contribution in [3.8, 4) is 0 Å². The largest absolute Gasteiger partial charge is 0.395 e. The van der Waals surface area contributed by atoms with Gasteiger partial charge in [0.25, 0.3) is 0 Å². The molecule has 6 heteroatoms. The van der Waals surface area contributed by atoms with E-state index in [1.165, 1.54) is 6.42 Å². The van der Waals surface area contributed by atoms with E-state index in [1.807, 2.05) is 17.0 Å². The SMILES string of the molecule is O=C1C[C@@H](C(=O)N(CCO)C2CCCCC2)CN1Cc1ccncc1. The molecule has 2 aliphatic rings. The number of hydrogen-bond acceptors (Lipinski definition) is 4. The van der Waals surface area contributed by atoms with Crippen LogP contribution in [0, 0.1) is 5.92 Å². The molecule has 1 aliphatic heterocycles. The first kappa shape index (κ1) is 17.9. The third-order valence-electron chi connectivity index (χ3n) is 5.33. The number of aromatic nitrogens is 1. The maximum absolute atomic E-state index is 13.0. The van der Waals surface area contributed by atoms with Crippen molar-refractivity contribution < 1.29 is 14.7 Å². The summed E-state index contributed by atoms with van der Waals surface area (Å²) in [5.74, 6) is -0.225. The highest BCUT2D eigenvalue weighted by atomic mass is 16.3. The average molecular weight is 345 g/mol. The lowest BCUT2D eigenvalue weighted by Crippen LogP contribution is -2.46. The normalized spacial score (nSPS) is 21.6. The van der Waals surface area contributed by atoms with Crippen LogP contribution in [0.3, 0.4) is 0 Å². The Balaban J connectivity index is 1.63. The van der Waals surface area contributed by atoms with Gasteiger partial charge in [-0.15, -0.1) is 0 Å². The van der Waals surface area contributed by atoms with Crippen LogP contribution in [0.2, 0.25) is 0 Å². The molecule has 0 unspecified atom stereocenters. The van der Waals surface area contributed by atoms with E-state index in [-0.39, 0.29) is 36.8 Å². The summed E-state index contributed by atoms with van der Waals surface area (Å²) < 4.78 is 0. The Labute approximate surface area is 148 Å². The molecule has 1 N–H and O–H groups in total. The summed E-state index contributed by atoms with van der Waals surface area (Å²) in [4.78, 5) is 32.9. The van der Waals surface area contributed by atoms with E-state index in [9.17, 15) is 14.7 Å². The standard InChI is InChI=1S/C19H27N3O3/c23-11-10-22(17-4-2-1-3-5-17)19(25)16-12-18(24)21(14-16)13-15-6-8-20-9-7-15/h6-9,16-17,23H,1-5,10-14H2/t16-/m1/s1. The molecule has 1 atom stereocenters. The first-order chi connectivity index (χ1) is 12.2. The molecule has 1 saturated heterocycles. The van der Waals surface area contributed by atoms with E-state index >= 15 is 0 Å². The summed E-state index contributed by atoms with van der Waals surface area (Å²) in [7, 11) is 0. The Morgan fingerprint density at radius 3 is 2.64 bits per heavy atom. The zero-order valence-electron chi connectivity index (χ0n) is 14.6. The van der Waals surface area contributed by atoms with Crippen LogP contribution < -0.4 is 0 Å². The molecule has 136 valence electrons. The van der Waals surface area contributed by atoms with Gasteiger partial charge in [-0.3, -0.25) is 14.6 Å². The molecule has 3 rings (SSSR count). The van der Waals surface area contributed by atoms with Crippen molar-refractivity contribution in [2.24, 2.45) is 5.92 Å². The highest BCUT2D eigenvalue weighted by Crippen LogP contribution is 2.27. The van der Waals surface area contributed by atoms with Crippen LogP contribution in [0.1, 0.15) is 44.1 Å². The summed E-state index contributed by atoms with van der Waals surface area (Å²) in [6.45, 7) is 1.34. The van der Waals surface area contributed by atoms with Gasteiger partial charge < -0.3 is 14.9 Å². The number of pyridine rings is 1. The molecule has 6 nitrogen and oxygen atoms in total. The van der Waals surface area contributed by atoms with E-state index in [4.69, 9.17) is 0 Å². The number of likely N-dealkylation sites (tertiary alicyclic amines) is 1. The van der Waals surface area contributed by atoms with Gasteiger partial charge in [-0.05, 0) is 30.5 Å². The summed E-state index contributed by atoms with van der Waals surface area (Å²) in [5, 5.41) is 9.38. The second kappa shape index (κ2) is 8.43. The van der Waals surface area contributed by atoms with E-state index < -0.39 is 0 Å². The number of hydrogen-bond donors (Lipinski definition) is 1. The molecule has 0 spiro atoms. The number of amides is 2. The van der Waals surface area contributed by atoms with Crippen LogP contribution >= 0.6 is 0 Å². The number of nitrogens with zero attached hydrogens (tertiary/aromatic N) is 3. The molecule has 1 aromatic heterocycles. The van der Waals surface area contributed by atoms with Crippen LogP contribution in [-0.2, 0) is 16.1 Å². The smallest absolute Gasteiger partial charge is 0.228 e. The molecular formula is C19H27N3O3. The van der Waals surface area contributed by atoms with Crippen molar-refractivity contribution in [1.82, 2.24) is 14.8 Å². The molecule has 1 aliphatic carbocycles. The summed E-state index contributed by atoms with van der Waals surface area (Å²) >= 11 is 0. The molecule has 0 aromatic carbocycles. The van der Waals surface area contributed by atoms with E-state index in [2.05, 4.69) is 4.98 Å². The highest BCUT2D eigenvalue weighted by Gasteiger charge is 2.38. The topological polar surface area (TPSA) is 73.7 Å². The molecule has 1 aromatic rings. The fraction of sp³-hybridized carbons (Fsp3) is 0.632.